The quantitative estimate of drug-likeness (QED) is 0.297. The maximum Gasteiger partial charge on any atom is 0.189 e. The van der Waals surface area contributed by atoms with Gasteiger partial charge in [0.1, 0.15) is 0 Å². The molecular formula is C15H24IN3O2S. The number of sulfone groups is 1. The molecule has 0 heterocycles. The highest BCUT2D eigenvalue weighted by atomic mass is 127. The molecule has 0 bridgehead atoms. The molecule has 124 valence electrons. The van der Waals surface area contributed by atoms with E-state index in [1.807, 2.05) is 13.8 Å². The van der Waals surface area contributed by atoms with Crippen LogP contribution in [0.4, 0.5) is 0 Å². The van der Waals surface area contributed by atoms with Crippen LogP contribution < -0.4 is 11.1 Å². The first-order valence-corrected chi connectivity index (χ1v) is 8.49. The highest BCUT2D eigenvalue weighted by molar-refractivity contribution is 14.0. The molecule has 0 saturated carbocycles. The van der Waals surface area contributed by atoms with Crippen LogP contribution in [0.5, 0.6) is 0 Å². The van der Waals surface area contributed by atoms with Crippen molar-refractivity contribution in [2.24, 2.45) is 10.7 Å². The summed E-state index contributed by atoms with van der Waals surface area (Å²) in [6.45, 7) is 7.93. The second-order valence-corrected chi connectivity index (χ2v) is 7.04. The topological polar surface area (TPSA) is 84.5 Å². The minimum Gasteiger partial charge on any atom is -0.370 e. The fourth-order valence-electron chi connectivity index (χ4n) is 1.73. The number of guanidine groups is 1. The zero-order valence-electron chi connectivity index (χ0n) is 13.0. The Kier molecular flexibility index (Phi) is 9.34. The normalized spacial score (nSPS) is 13.1. The van der Waals surface area contributed by atoms with Crippen LogP contribution in [0.3, 0.4) is 0 Å². The van der Waals surface area contributed by atoms with Crippen LogP contribution in [-0.2, 0) is 9.84 Å². The number of nitrogens with two attached hydrogens (primary N) is 1. The third-order valence-corrected chi connectivity index (χ3v) is 4.72. The standard InChI is InChI=1S/C15H23N3O2S.HI/c1-4-13(18-15(16)17-10-12(2)3)11-21(19,20)14-8-6-5-7-9-14;/h5-9,13H,2,4,10-11H2,1,3H3,(H3,16,17,18);1H. The van der Waals surface area contributed by atoms with E-state index in [1.165, 1.54) is 0 Å². The first-order valence-electron chi connectivity index (χ1n) is 6.83. The van der Waals surface area contributed by atoms with Gasteiger partial charge in [0.2, 0.25) is 0 Å². The van der Waals surface area contributed by atoms with Gasteiger partial charge < -0.3 is 11.1 Å². The first-order chi connectivity index (χ1) is 9.85. The van der Waals surface area contributed by atoms with Crippen LogP contribution in [0, 0.1) is 0 Å². The monoisotopic (exact) mass is 437 g/mol. The van der Waals surface area contributed by atoms with Gasteiger partial charge in [-0.1, -0.05) is 37.3 Å². The number of halogens is 1. The summed E-state index contributed by atoms with van der Waals surface area (Å²) in [5.74, 6) is 0.227. The van der Waals surface area contributed by atoms with Crippen molar-refractivity contribution < 1.29 is 8.42 Å². The summed E-state index contributed by atoms with van der Waals surface area (Å²) >= 11 is 0. The van der Waals surface area contributed by atoms with Crippen molar-refractivity contribution in [3.05, 3.63) is 42.5 Å². The molecule has 1 aromatic carbocycles. The fraction of sp³-hybridized carbons (Fsp3) is 0.400. The number of hydrogen-bond donors (Lipinski definition) is 2. The number of hydrogen-bond acceptors (Lipinski definition) is 3. The second kappa shape index (κ2) is 9.83. The minimum atomic E-state index is -3.34. The summed E-state index contributed by atoms with van der Waals surface area (Å²) in [5, 5.41) is 2.96. The molecular weight excluding hydrogens is 413 g/mol. The zero-order chi connectivity index (χ0) is 15.9. The maximum absolute atomic E-state index is 12.3. The summed E-state index contributed by atoms with van der Waals surface area (Å²) in [4.78, 5) is 4.43. The van der Waals surface area contributed by atoms with Gasteiger partial charge >= 0.3 is 0 Å². The van der Waals surface area contributed by atoms with Crippen LogP contribution in [0.2, 0.25) is 0 Å². The van der Waals surface area contributed by atoms with E-state index < -0.39 is 9.84 Å². The van der Waals surface area contributed by atoms with Gasteiger partial charge in [-0.25, -0.2) is 13.4 Å². The maximum atomic E-state index is 12.3. The molecule has 22 heavy (non-hydrogen) atoms. The highest BCUT2D eigenvalue weighted by Crippen LogP contribution is 2.12. The molecule has 1 atom stereocenters. The lowest BCUT2D eigenvalue weighted by atomic mass is 10.3. The van der Waals surface area contributed by atoms with Crippen LogP contribution in [0.25, 0.3) is 0 Å². The number of aliphatic imine (C=N–C) groups is 1. The molecule has 1 rings (SSSR count). The van der Waals surface area contributed by atoms with Crippen molar-refractivity contribution in [3.63, 3.8) is 0 Å². The lowest BCUT2D eigenvalue weighted by Crippen LogP contribution is -2.43. The van der Waals surface area contributed by atoms with Crippen LogP contribution in [0.15, 0.2) is 52.4 Å². The van der Waals surface area contributed by atoms with Crippen molar-refractivity contribution in [1.82, 2.24) is 5.32 Å². The van der Waals surface area contributed by atoms with E-state index in [-0.39, 0.29) is 41.7 Å². The summed E-state index contributed by atoms with van der Waals surface area (Å²) in [6, 6.07) is 8.13. The third-order valence-electron chi connectivity index (χ3n) is 2.89. The van der Waals surface area contributed by atoms with Crippen LogP contribution >= 0.6 is 24.0 Å². The molecule has 1 aromatic rings. The minimum absolute atomic E-state index is 0. The molecule has 3 N–H and O–H groups in total. The predicted octanol–water partition coefficient (Wildman–Crippen LogP) is 2.34. The Morgan fingerprint density at radius 3 is 2.45 bits per heavy atom. The van der Waals surface area contributed by atoms with Crippen molar-refractivity contribution in [1.29, 1.82) is 0 Å². The van der Waals surface area contributed by atoms with E-state index in [4.69, 9.17) is 5.73 Å². The molecule has 5 nitrogen and oxygen atoms in total. The highest BCUT2D eigenvalue weighted by Gasteiger charge is 2.20. The van der Waals surface area contributed by atoms with Crippen molar-refractivity contribution in [3.8, 4) is 0 Å². The van der Waals surface area contributed by atoms with E-state index in [1.54, 1.807) is 30.3 Å². The predicted molar refractivity (Wildman–Crippen MR) is 102 cm³/mol. The van der Waals surface area contributed by atoms with Crippen LogP contribution in [0.1, 0.15) is 20.3 Å². The van der Waals surface area contributed by atoms with Crippen molar-refractivity contribution >= 4 is 39.8 Å². The summed E-state index contributed by atoms with van der Waals surface area (Å²) in [5.41, 5.74) is 6.65. The molecule has 7 heteroatoms. The molecule has 0 fully saturated rings. The number of nitrogens with one attached hydrogen (secondary N) is 1. The van der Waals surface area contributed by atoms with E-state index in [9.17, 15) is 8.42 Å². The van der Waals surface area contributed by atoms with E-state index in [2.05, 4.69) is 16.9 Å². The van der Waals surface area contributed by atoms with Gasteiger partial charge in [-0.3, -0.25) is 0 Å². The van der Waals surface area contributed by atoms with E-state index in [0.29, 0.717) is 17.9 Å². The van der Waals surface area contributed by atoms with Crippen molar-refractivity contribution in [2.45, 2.75) is 31.2 Å². The van der Waals surface area contributed by atoms with E-state index in [0.717, 1.165) is 5.57 Å². The molecule has 1 unspecified atom stereocenters. The lowest BCUT2D eigenvalue weighted by Gasteiger charge is -2.17. The number of nitrogens with zero attached hydrogens (tertiary/aromatic N) is 1. The van der Waals surface area contributed by atoms with Gasteiger partial charge in [0.25, 0.3) is 0 Å². The molecule has 0 spiro atoms. The summed E-state index contributed by atoms with van der Waals surface area (Å²) in [7, 11) is -3.34. The molecule has 0 aliphatic rings. The summed E-state index contributed by atoms with van der Waals surface area (Å²) in [6.07, 6.45) is 0.634. The second-order valence-electron chi connectivity index (χ2n) is 5.00. The SMILES string of the molecule is C=C(C)CN=C(N)NC(CC)CS(=O)(=O)c1ccccc1.I. The molecule has 0 radical (unpaired) electrons. The molecule has 0 aliphatic carbocycles. The Hall–Kier alpha value is -1.09. The third kappa shape index (κ3) is 7.26. The van der Waals surface area contributed by atoms with Gasteiger partial charge in [-0.15, -0.1) is 24.0 Å². The smallest absolute Gasteiger partial charge is 0.189 e. The Bertz CT molecular complexity index is 600. The fourth-order valence-corrected chi connectivity index (χ4v) is 3.34. The van der Waals surface area contributed by atoms with Crippen molar-refractivity contribution in [2.75, 3.05) is 12.3 Å². The average Bonchev–Trinajstić information content (AvgIpc) is 2.45. The number of benzene rings is 1. The first kappa shape index (κ1) is 20.9. The number of rotatable bonds is 7. The zero-order valence-corrected chi connectivity index (χ0v) is 16.1. The lowest BCUT2D eigenvalue weighted by molar-refractivity contribution is 0.571. The Morgan fingerprint density at radius 1 is 1.36 bits per heavy atom. The van der Waals surface area contributed by atoms with Gasteiger partial charge in [0, 0.05) is 6.04 Å². The van der Waals surface area contributed by atoms with Gasteiger partial charge in [-0.05, 0) is 25.5 Å². The summed E-state index contributed by atoms with van der Waals surface area (Å²) < 4.78 is 24.6. The van der Waals surface area contributed by atoms with Crippen LogP contribution in [-0.4, -0.2) is 32.7 Å². The molecule has 0 aliphatic heterocycles. The Balaban J connectivity index is 0.00000441. The molecule has 0 aromatic heterocycles. The Morgan fingerprint density at radius 2 is 1.95 bits per heavy atom. The van der Waals surface area contributed by atoms with Gasteiger partial charge in [0.05, 0.1) is 17.2 Å². The Labute approximate surface area is 150 Å². The largest absolute Gasteiger partial charge is 0.370 e. The average molecular weight is 437 g/mol. The van der Waals surface area contributed by atoms with Gasteiger partial charge in [-0.2, -0.15) is 0 Å². The molecule has 0 amide bonds. The molecule has 0 saturated heterocycles. The van der Waals surface area contributed by atoms with E-state index >= 15 is 0 Å². The van der Waals surface area contributed by atoms with Gasteiger partial charge in [0.15, 0.2) is 15.8 Å².